The van der Waals surface area contributed by atoms with Crippen LogP contribution in [0, 0.1) is 6.92 Å². The molecule has 6 heteroatoms. The summed E-state index contributed by atoms with van der Waals surface area (Å²) in [6.07, 6.45) is 0. The number of hydrogen-bond acceptors (Lipinski definition) is 5. The zero-order valence-electron chi connectivity index (χ0n) is 13.9. The Hall–Kier alpha value is -2.31. The van der Waals surface area contributed by atoms with Crippen LogP contribution in [0.2, 0.25) is 0 Å². The molecule has 0 spiro atoms. The third kappa shape index (κ3) is 3.55. The van der Waals surface area contributed by atoms with Gasteiger partial charge in [0.2, 0.25) is 0 Å². The number of hydrogen-bond donors (Lipinski definition) is 1. The summed E-state index contributed by atoms with van der Waals surface area (Å²) >= 11 is 3.34. The molecule has 0 aliphatic heterocycles. The fraction of sp³-hybridized carbons (Fsp3) is 0.158. The van der Waals surface area contributed by atoms with Crippen molar-refractivity contribution in [2.24, 2.45) is 0 Å². The number of benzene rings is 2. The Morgan fingerprint density at radius 1 is 1.12 bits per heavy atom. The number of imidazole rings is 1. The molecule has 4 rings (SSSR count). The van der Waals surface area contributed by atoms with E-state index < -0.39 is 0 Å². The second-order valence-corrected chi connectivity index (χ2v) is 7.55. The fourth-order valence-corrected chi connectivity index (χ4v) is 4.21. The van der Waals surface area contributed by atoms with Crippen LogP contribution >= 0.6 is 23.1 Å². The Bertz CT molecular complexity index is 1010. The topological polar surface area (TPSA) is 50.8 Å². The van der Waals surface area contributed by atoms with Crippen molar-refractivity contribution < 1.29 is 4.74 Å². The molecule has 4 nitrogen and oxygen atoms in total. The van der Waals surface area contributed by atoms with Crippen LogP contribution in [0.1, 0.15) is 11.3 Å². The molecule has 1 N–H and O–H groups in total. The SMILES string of the molecule is COc1ccc2nc(SCc3csc(-c4ccc(C)cc4)n3)[nH]c2c1. The van der Waals surface area contributed by atoms with Crippen LogP contribution in [0.25, 0.3) is 21.6 Å². The third-order valence-corrected chi connectivity index (χ3v) is 5.72. The first kappa shape index (κ1) is 16.2. The molecule has 2 heterocycles. The quantitative estimate of drug-likeness (QED) is 0.487. The number of aromatic amines is 1. The summed E-state index contributed by atoms with van der Waals surface area (Å²) in [5, 5.41) is 4.08. The number of nitrogens with one attached hydrogen (secondary N) is 1. The molecule has 2 aromatic heterocycles. The number of thiazole rings is 1. The summed E-state index contributed by atoms with van der Waals surface area (Å²) in [4.78, 5) is 12.7. The van der Waals surface area contributed by atoms with E-state index in [1.165, 1.54) is 11.1 Å². The monoisotopic (exact) mass is 367 g/mol. The van der Waals surface area contributed by atoms with Crippen LogP contribution in [0.15, 0.2) is 53.0 Å². The standard InChI is InChI=1S/C19H17N3OS2/c1-12-3-5-13(6-4-12)18-20-14(10-24-18)11-25-19-21-16-8-7-15(23-2)9-17(16)22-19/h3-10H,11H2,1-2H3,(H,21,22). The molecule has 0 saturated heterocycles. The summed E-state index contributed by atoms with van der Waals surface area (Å²) < 4.78 is 5.25. The number of nitrogens with zero attached hydrogens (tertiary/aromatic N) is 2. The average molecular weight is 367 g/mol. The van der Waals surface area contributed by atoms with Crippen LogP contribution in [0.4, 0.5) is 0 Å². The van der Waals surface area contributed by atoms with E-state index in [1.54, 1.807) is 30.2 Å². The lowest BCUT2D eigenvalue weighted by Crippen LogP contribution is -1.83. The van der Waals surface area contributed by atoms with Crippen LogP contribution < -0.4 is 4.74 Å². The van der Waals surface area contributed by atoms with Crippen molar-refractivity contribution in [2.45, 2.75) is 17.8 Å². The minimum absolute atomic E-state index is 0.791. The van der Waals surface area contributed by atoms with Crippen LogP contribution in [0.3, 0.4) is 0 Å². The van der Waals surface area contributed by atoms with Gasteiger partial charge in [0.25, 0.3) is 0 Å². The van der Waals surface area contributed by atoms with Crippen molar-refractivity contribution >= 4 is 34.1 Å². The Kier molecular flexibility index (Phi) is 4.46. The summed E-state index contributed by atoms with van der Waals surface area (Å²) in [6, 6.07) is 14.3. The first-order valence-corrected chi connectivity index (χ1v) is 9.76. The lowest BCUT2D eigenvalue weighted by molar-refractivity contribution is 0.415. The van der Waals surface area contributed by atoms with Crippen molar-refractivity contribution in [1.29, 1.82) is 0 Å². The summed E-state index contributed by atoms with van der Waals surface area (Å²) in [5.74, 6) is 1.62. The summed E-state index contributed by atoms with van der Waals surface area (Å²) in [6.45, 7) is 2.09. The molecule has 25 heavy (non-hydrogen) atoms. The Morgan fingerprint density at radius 2 is 1.96 bits per heavy atom. The molecule has 0 fully saturated rings. The molecular formula is C19H17N3OS2. The minimum atomic E-state index is 0.791. The lowest BCUT2D eigenvalue weighted by Gasteiger charge is -1.97. The molecular weight excluding hydrogens is 350 g/mol. The highest BCUT2D eigenvalue weighted by Gasteiger charge is 2.08. The van der Waals surface area contributed by atoms with Crippen molar-refractivity contribution in [3.05, 3.63) is 59.1 Å². The van der Waals surface area contributed by atoms with E-state index in [1.807, 2.05) is 18.2 Å². The highest BCUT2D eigenvalue weighted by molar-refractivity contribution is 7.98. The number of fused-ring (bicyclic) bond motifs is 1. The number of aromatic nitrogens is 3. The number of aryl methyl sites for hydroxylation is 1. The van der Waals surface area contributed by atoms with Gasteiger partial charge in [0.1, 0.15) is 10.8 Å². The maximum atomic E-state index is 5.25. The van der Waals surface area contributed by atoms with Gasteiger partial charge in [0.05, 0.1) is 23.8 Å². The van der Waals surface area contributed by atoms with E-state index in [9.17, 15) is 0 Å². The average Bonchev–Trinajstić information content (AvgIpc) is 3.26. The van der Waals surface area contributed by atoms with Crippen LogP contribution in [-0.2, 0) is 5.75 Å². The zero-order chi connectivity index (χ0) is 17.2. The first-order valence-electron chi connectivity index (χ1n) is 7.89. The highest BCUT2D eigenvalue weighted by atomic mass is 32.2. The van der Waals surface area contributed by atoms with Gasteiger partial charge < -0.3 is 9.72 Å². The fourth-order valence-electron chi connectivity index (χ4n) is 2.50. The van der Waals surface area contributed by atoms with Crippen molar-refractivity contribution in [2.75, 3.05) is 7.11 Å². The van der Waals surface area contributed by atoms with E-state index in [2.05, 4.69) is 46.5 Å². The molecule has 0 unspecified atom stereocenters. The second kappa shape index (κ2) is 6.90. The van der Waals surface area contributed by atoms with Crippen LogP contribution in [-0.4, -0.2) is 22.1 Å². The molecule has 4 aromatic rings. The Morgan fingerprint density at radius 3 is 2.76 bits per heavy atom. The number of rotatable bonds is 5. The van der Waals surface area contributed by atoms with E-state index in [0.29, 0.717) is 0 Å². The molecule has 0 amide bonds. The molecule has 2 aromatic carbocycles. The molecule has 126 valence electrons. The maximum Gasteiger partial charge on any atom is 0.166 e. The van der Waals surface area contributed by atoms with Gasteiger partial charge in [0.15, 0.2) is 5.16 Å². The minimum Gasteiger partial charge on any atom is -0.497 e. The van der Waals surface area contributed by atoms with Gasteiger partial charge in [-0.25, -0.2) is 9.97 Å². The largest absolute Gasteiger partial charge is 0.497 e. The van der Waals surface area contributed by atoms with E-state index in [0.717, 1.165) is 38.4 Å². The Balaban J connectivity index is 1.47. The molecule has 0 aliphatic rings. The molecule has 0 saturated carbocycles. The van der Waals surface area contributed by atoms with Gasteiger partial charge in [-0.05, 0) is 19.1 Å². The van der Waals surface area contributed by atoms with Gasteiger partial charge in [-0.2, -0.15) is 0 Å². The van der Waals surface area contributed by atoms with Crippen molar-refractivity contribution in [3.8, 4) is 16.3 Å². The Labute approximate surface area is 154 Å². The van der Waals surface area contributed by atoms with Gasteiger partial charge in [-0.3, -0.25) is 0 Å². The van der Waals surface area contributed by atoms with Gasteiger partial charge in [-0.1, -0.05) is 41.6 Å². The smallest absolute Gasteiger partial charge is 0.166 e. The number of thioether (sulfide) groups is 1. The lowest BCUT2D eigenvalue weighted by atomic mass is 10.2. The van der Waals surface area contributed by atoms with Gasteiger partial charge in [-0.15, -0.1) is 11.3 Å². The third-order valence-electron chi connectivity index (χ3n) is 3.87. The molecule has 0 radical (unpaired) electrons. The predicted octanol–water partition coefficient (Wildman–Crippen LogP) is 5.30. The van der Waals surface area contributed by atoms with Crippen LogP contribution in [0.5, 0.6) is 5.75 Å². The highest BCUT2D eigenvalue weighted by Crippen LogP contribution is 2.28. The van der Waals surface area contributed by atoms with E-state index in [4.69, 9.17) is 9.72 Å². The molecule has 0 atom stereocenters. The number of ether oxygens (including phenoxy) is 1. The van der Waals surface area contributed by atoms with Crippen molar-refractivity contribution in [1.82, 2.24) is 15.0 Å². The van der Waals surface area contributed by atoms with Crippen molar-refractivity contribution in [3.63, 3.8) is 0 Å². The predicted molar refractivity (Wildman–Crippen MR) is 104 cm³/mol. The number of methoxy groups -OCH3 is 1. The number of H-pyrrole nitrogens is 1. The molecule has 0 aliphatic carbocycles. The van der Waals surface area contributed by atoms with E-state index in [-0.39, 0.29) is 0 Å². The van der Waals surface area contributed by atoms with Gasteiger partial charge >= 0.3 is 0 Å². The van der Waals surface area contributed by atoms with Gasteiger partial charge in [0, 0.05) is 22.8 Å². The normalized spacial score (nSPS) is 11.1. The summed E-state index contributed by atoms with van der Waals surface area (Å²) in [5.41, 5.74) is 5.44. The van der Waals surface area contributed by atoms with E-state index >= 15 is 0 Å². The zero-order valence-corrected chi connectivity index (χ0v) is 15.6. The molecule has 0 bridgehead atoms. The second-order valence-electron chi connectivity index (χ2n) is 5.72. The first-order chi connectivity index (χ1) is 12.2. The maximum absolute atomic E-state index is 5.25. The summed E-state index contributed by atoms with van der Waals surface area (Å²) in [7, 11) is 1.67.